The molecular formula is C20H18N2OS4. The van der Waals surface area contributed by atoms with Gasteiger partial charge in [0.15, 0.2) is 0 Å². The van der Waals surface area contributed by atoms with E-state index in [4.69, 9.17) is 0 Å². The van der Waals surface area contributed by atoms with Crippen LogP contribution in [0.1, 0.15) is 14.8 Å². The maximum absolute atomic E-state index is 12.9. The molecule has 1 aromatic carbocycles. The van der Waals surface area contributed by atoms with Crippen LogP contribution in [0.15, 0.2) is 59.3 Å². The number of thiophene rings is 2. The van der Waals surface area contributed by atoms with E-state index in [9.17, 15) is 4.79 Å². The third-order valence-corrected chi connectivity index (χ3v) is 7.87. The zero-order valence-corrected chi connectivity index (χ0v) is 17.8. The molecule has 0 aliphatic carbocycles. The zero-order chi connectivity index (χ0) is 18.5. The fourth-order valence-electron chi connectivity index (χ4n) is 2.71. The fraction of sp³-hybridized carbons (Fsp3) is 0.200. The van der Waals surface area contributed by atoms with Crippen molar-refractivity contribution in [1.29, 1.82) is 0 Å². The van der Waals surface area contributed by atoms with Crippen molar-refractivity contribution in [2.75, 3.05) is 5.75 Å². The summed E-state index contributed by atoms with van der Waals surface area (Å²) in [6, 6.07) is 16.4. The van der Waals surface area contributed by atoms with Crippen LogP contribution < -0.4 is 0 Å². The van der Waals surface area contributed by atoms with Gasteiger partial charge in [0.25, 0.3) is 0 Å². The van der Waals surface area contributed by atoms with E-state index in [1.54, 1.807) is 45.8 Å². The first-order valence-electron chi connectivity index (χ1n) is 8.52. The van der Waals surface area contributed by atoms with E-state index in [-0.39, 0.29) is 5.91 Å². The third kappa shape index (κ3) is 4.99. The molecular weight excluding hydrogens is 413 g/mol. The van der Waals surface area contributed by atoms with Crippen LogP contribution in [0.2, 0.25) is 0 Å². The molecule has 27 heavy (non-hydrogen) atoms. The second-order valence-corrected chi connectivity index (χ2v) is 10.1. The number of thioether (sulfide) groups is 1. The number of carbonyl (C=O) groups is 1. The average Bonchev–Trinajstić information content (AvgIpc) is 3.42. The molecule has 1 amide bonds. The van der Waals surface area contributed by atoms with Crippen molar-refractivity contribution >= 4 is 61.9 Å². The monoisotopic (exact) mass is 430 g/mol. The van der Waals surface area contributed by atoms with Gasteiger partial charge in [0.1, 0.15) is 5.01 Å². The van der Waals surface area contributed by atoms with Crippen LogP contribution in [0.3, 0.4) is 0 Å². The Morgan fingerprint density at radius 3 is 2.30 bits per heavy atom. The van der Waals surface area contributed by atoms with Crippen molar-refractivity contribution < 1.29 is 4.79 Å². The van der Waals surface area contributed by atoms with E-state index >= 15 is 0 Å². The quantitative estimate of drug-likeness (QED) is 0.350. The summed E-state index contributed by atoms with van der Waals surface area (Å²) in [7, 11) is 0. The fourth-order valence-corrected chi connectivity index (χ4v) is 6.10. The largest absolute Gasteiger partial charge is 0.332 e. The molecule has 0 saturated carbocycles. The first kappa shape index (κ1) is 18.7. The number of hydrogen-bond acceptors (Lipinski definition) is 6. The minimum atomic E-state index is 0.183. The number of para-hydroxylation sites is 1. The Labute approximate surface area is 174 Å². The van der Waals surface area contributed by atoms with Gasteiger partial charge in [-0.2, -0.15) is 0 Å². The minimum Gasteiger partial charge on any atom is -0.332 e. The Bertz CT molecular complexity index is 923. The molecule has 0 N–H and O–H groups in total. The molecule has 3 heterocycles. The van der Waals surface area contributed by atoms with Gasteiger partial charge in [-0.25, -0.2) is 4.98 Å². The van der Waals surface area contributed by atoms with Gasteiger partial charge >= 0.3 is 0 Å². The van der Waals surface area contributed by atoms with E-state index in [1.165, 1.54) is 14.5 Å². The third-order valence-electron chi connectivity index (χ3n) is 4.00. The van der Waals surface area contributed by atoms with E-state index in [0.717, 1.165) is 16.3 Å². The van der Waals surface area contributed by atoms with Crippen LogP contribution >= 0.6 is 45.8 Å². The first-order valence-corrected chi connectivity index (χ1v) is 12.3. The van der Waals surface area contributed by atoms with Crippen molar-refractivity contribution in [1.82, 2.24) is 9.88 Å². The molecule has 0 aliphatic rings. The summed E-state index contributed by atoms with van der Waals surface area (Å²) in [5, 5.41) is 5.20. The lowest BCUT2D eigenvalue weighted by molar-refractivity contribution is -0.129. The molecule has 0 saturated heterocycles. The summed E-state index contributed by atoms with van der Waals surface area (Å²) in [5.41, 5.74) is 1.04. The molecule has 7 heteroatoms. The van der Waals surface area contributed by atoms with Crippen LogP contribution in [-0.2, 0) is 23.6 Å². The highest BCUT2D eigenvalue weighted by molar-refractivity contribution is 7.99. The molecule has 3 aromatic heterocycles. The van der Waals surface area contributed by atoms with Crippen molar-refractivity contribution in [3.8, 4) is 0 Å². The number of rotatable bonds is 8. The van der Waals surface area contributed by atoms with Crippen molar-refractivity contribution in [3.63, 3.8) is 0 Å². The highest BCUT2D eigenvalue weighted by Crippen LogP contribution is 2.25. The summed E-state index contributed by atoms with van der Waals surface area (Å²) in [4.78, 5) is 21.9. The number of fused-ring (bicyclic) bond motifs is 1. The summed E-state index contributed by atoms with van der Waals surface area (Å²) < 4.78 is 1.21. The number of amides is 1. The predicted molar refractivity (Wildman–Crippen MR) is 119 cm³/mol. The number of thiazole rings is 1. The molecule has 0 atom stereocenters. The normalized spacial score (nSPS) is 11.1. The van der Waals surface area contributed by atoms with Gasteiger partial charge < -0.3 is 4.90 Å². The van der Waals surface area contributed by atoms with Crippen LogP contribution in [0, 0.1) is 0 Å². The van der Waals surface area contributed by atoms with Crippen LogP contribution in [0.5, 0.6) is 0 Å². The number of hydrogen-bond donors (Lipinski definition) is 0. The maximum atomic E-state index is 12.9. The van der Waals surface area contributed by atoms with E-state index in [2.05, 4.69) is 33.9 Å². The number of benzene rings is 1. The molecule has 3 nitrogen and oxygen atoms in total. The molecule has 0 bridgehead atoms. The Morgan fingerprint density at radius 1 is 0.963 bits per heavy atom. The summed E-state index contributed by atoms with van der Waals surface area (Å²) >= 11 is 6.76. The van der Waals surface area contributed by atoms with Crippen LogP contribution in [-0.4, -0.2) is 21.5 Å². The second-order valence-electron chi connectivity index (χ2n) is 5.98. The highest BCUT2D eigenvalue weighted by atomic mass is 32.2. The smallest absolute Gasteiger partial charge is 0.233 e. The number of nitrogens with zero attached hydrogens (tertiary/aromatic N) is 2. The topological polar surface area (TPSA) is 33.2 Å². The molecule has 0 spiro atoms. The van der Waals surface area contributed by atoms with Gasteiger partial charge in [-0.1, -0.05) is 24.3 Å². The standard InChI is InChI=1S/C20H18N2OS4/c23-20(14-24-13-19-21-17-7-1-2-8-18(17)27-19)22(11-15-5-3-9-25-15)12-16-6-4-10-26-16/h1-10H,11-14H2. The SMILES string of the molecule is O=C(CSCc1nc2ccccc2s1)N(Cc1cccs1)Cc1cccs1. The Balaban J connectivity index is 1.36. The van der Waals surface area contributed by atoms with Crippen molar-refractivity contribution in [2.45, 2.75) is 18.8 Å². The van der Waals surface area contributed by atoms with Gasteiger partial charge in [-0.05, 0) is 35.0 Å². The molecule has 138 valence electrons. The minimum absolute atomic E-state index is 0.183. The predicted octanol–water partition coefficient (Wildman–Crippen LogP) is 5.88. The van der Waals surface area contributed by atoms with E-state index < -0.39 is 0 Å². The zero-order valence-electron chi connectivity index (χ0n) is 14.5. The first-order chi connectivity index (χ1) is 13.3. The van der Waals surface area contributed by atoms with Gasteiger partial charge in [0, 0.05) is 15.5 Å². The summed E-state index contributed by atoms with van der Waals surface area (Å²) in [6.07, 6.45) is 0. The Kier molecular flexibility index (Phi) is 6.24. The lowest BCUT2D eigenvalue weighted by Gasteiger charge is -2.21. The van der Waals surface area contributed by atoms with Crippen molar-refractivity contribution in [2.24, 2.45) is 0 Å². The lowest BCUT2D eigenvalue weighted by Crippen LogP contribution is -2.31. The second kappa shape index (κ2) is 9.01. The lowest BCUT2D eigenvalue weighted by atomic mass is 10.3. The van der Waals surface area contributed by atoms with Gasteiger partial charge in [-0.3, -0.25) is 4.79 Å². The van der Waals surface area contributed by atoms with E-state index in [0.29, 0.717) is 18.8 Å². The molecule has 0 fully saturated rings. The number of aromatic nitrogens is 1. The molecule has 0 unspecified atom stereocenters. The molecule has 0 radical (unpaired) electrons. The number of carbonyl (C=O) groups excluding carboxylic acids is 1. The van der Waals surface area contributed by atoms with E-state index in [1.807, 2.05) is 35.2 Å². The highest BCUT2D eigenvalue weighted by Gasteiger charge is 2.16. The van der Waals surface area contributed by atoms with Crippen LogP contribution in [0.4, 0.5) is 0 Å². The molecule has 0 aliphatic heterocycles. The molecule has 4 aromatic rings. The van der Waals surface area contributed by atoms with Gasteiger partial charge in [0.2, 0.25) is 5.91 Å². The molecule has 4 rings (SSSR count). The van der Waals surface area contributed by atoms with Crippen molar-refractivity contribution in [3.05, 3.63) is 74.1 Å². The Hall–Kier alpha value is -1.67. The summed E-state index contributed by atoms with van der Waals surface area (Å²) in [6.45, 7) is 1.35. The summed E-state index contributed by atoms with van der Waals surface area (Å²) in [5.74, 6) is 1.44. The Morgan fingerprint density at radius 2 is 1.67 bits per heavy atom. The maximum Gasteiger partial charge on any atom is 0.233 e. The average molecular weight is 431 g/mol. The van der Waals surface area contributed by atoms with Gasteiger partial charge in [0.05, 0.1) is 29.1 Å². The van der Waals surface area contributed by atoms with Gasteiger partial charge in [-0.15, -0.1) is 45.8 Å². The van der Waals surface area contributed by atoms with Crippen LogP contribution in [0.25, 0.3) is 10.2 Å².